The molecule has 3 rings (SSSR count). The number of methoxy groups -OCH3 is 1. The van der Waals surface area contributed by atoms with E-state index in [9.17, 15) is 28.1 Å². The molecular formula is C30H35ClN4O7S. The molecule has 0 radical (unpaired) electrons. The summed E-state index contributed by atoms with van der Waals surface area (Å²) in [7, 11) is -3.04. The lowest BCUT2D eigenvalue weighted by molar-refractivity contribution is -0.385. The predicted molar refractivity (Wildman–Crippen MR) is 165 cm³/mol. The van der Waals surface area contributed by atoms with E-state index in [0.29, 0.717) is 29.3 Å². The molecule has 0 aliphatic heterocycles. The summed E-state index contributed by atoms with van der Waals surface area (Å²) >= 11 is 6.05. The minimum Gasteiger partial charge on any atom is -0.497 e. The molecule has 43 heavy (non-hydrogen) atoms. The average molecular weight is 631 g/mol. The Morgan fingerprint density at radius 3 is 2.26 bits per heavy atom. The van der Waals surface area contributed by atoms with Crippen LogP contribution in [0.2, 0.25) is 5.02 Å². The molecule has 13 heteroatoms. The van der Waals surface area contributed by atoms with Crippen molar-refractivity contribution >= 4 is 44.8 Å². The quantitative estimate of drug-likeness (QED) is 0.193. The third-order valence-corrected chi connectivity index (χ3v) is 8.83. The second kappa shape index (κ2) is 14.8. The zero-order chi connectivity index (χ0) is 31.7. The van der Waals surface area contributed by atoms with Crippen molar-refractivity contribution in [1.82, 2.24) is 10.2 Å². The molecule has 0 aliphatic rings. The van der Waals surface area contributed by atoms with Gasteiger partial charge in [0.1, 0.15) is 18.3 Å². The number of sulfonamides is 1. The molecular weight excluding hydrogens is 596 g/mol. The predicted octanol–water partition coefficient (Wildman–Crippen LogP) is 5.09. The molecule has 0 bridgehead atoms. The van der Waals surface area contributed by atoms with Crippen LogP contribution in [-0.2, 0) is 26.2 Å². The van der Waals surface area contributed by atoms with Crippen molar-refractivity contribution in [2.45, 2.75) is 51.1 Å². The van der Waals surface area contributed by atoms with E-state index in [2.05, 4.69) is 5.32 Å². The monoisotopic (exact) mass is 630 g/mol. The van der Waals surface area contributed by atoms with Crippen LogP contribution in [0, 0.1) is 17.0 Å². The number of aryl methyl sites for hydroxylation is 1. The molecule has 0 fully saturated rings. The first-order valence-electron chi connectivity index (χ1n) is 13.7. The van der Waals surface area contributed by atoms with Crippen LogP contribution in [0.1, 0.15) is 37.8 Å². The fourth-order valence-electron chi connectivity index (χ4n) is 4.42. The van der Waals surface area contributed by atoms with Crippen LogP contribution in [0.3, 0.4) is 0 Å². The summed E-state index contributed by atoms with van der Waals surface area (Å²) in [5.41, 5.74) is 0.735. The molecule has 1 N–H and O–H groups in total. The second-order valence-corrected chi connectivity index (χ2v) is 12.1. The van der Waals surface area contributed by atoms with E-state index in [1.54, 1.807) is 43.3 Å². The first kappa shape index (κ1) is 33.3. The van der Waals surface area contributed by atoms with E-state index in [1.807, 2.05) is 6.92 Å². The summed E-state index contributed by atoms with van der Waals surface area (Å²) in [6.07, 6.45) is 0.966. The number of hydrogen-bond donors (Lipinski definition) is 1. The number of nitrogens with zero attached hydrogens (tertiary/aromatic N) is 3. The summed E-state index contributed by atoms with van der Waals surface area (Å²) < 4.78 is 34.2. The highest BCUT2D eigenvalue weighted by Gasteiger charge is 2.34. The highest BCUT2D eigenvalue weighted by molar-refractivity contribution is 7.92. The molecule has 1 atom stereocenters. The van der Waals surface area contributed by atoms with Crippen LogP contribution in [0.15, 0.2) is 71.6 Å². The number of benzene rings is 3. The Bertz CT molecular complexity index is 1550. The van der Waals surface area contributed by atoms with Crippen molar-refractivity contribution in [1.29, 1.82) is 0 Å². The lowest BCUT2D eigenvalue weighted by Gasteiger charge is -2.33. The van der Waals surface area contributed by atoms with Crippen molar-refractivity contribution in [2.24, 2.45) is 0 Å². The third-order valence-electron chi connectivity index (χ3n) is 6.81. The Balaban J connectivity index is 2.11. The Kier molecular flexibility index (Phi) is 11.5. The summed E-state index contributed by atoms with van der Waals surface area (Å²) in [4.78, 5) is 39.2. The molecule has 0 saturated heterocycles. The molecule has 3 aromatic rings. The van der Waals surface area contributed by atoms with Gasteiger partial charge >= 0.3 is 0 Å². The minimum absolute atomic E-state index is 0.0144. The molecule has 0 aromatic heterocycles. The van der Waals surface area contributed by atoms with E-state index in [4.69, 9.17) is 16.3 Å². The van der Waals surface area contributed by atoms with Crippen molar-refractivity contribution in [3.8, 4) is 5.75 Å². The summed E-state index contributed by atoms with van der Waals surface area (Å²) in [5, 5.41) is 14.9. The van der Waals surface area contributed by atoms with Gasteiger partial charge in [-0.2, -0.15) is 0 Å². The van der Waals surface area contributed by atoms with Crippen molar-refractivity contribution in [2.75, 3.05) is 24.5 Å². The summed E-state index contributed by atoms with van der Waals surface area (Å²) in [6, 6.07) is 15.5. The van der Waals surface area contributed by atoms with E-state index < -0.39 is 33.4 Å². The van der Waals surface area contributed by atoms with Crippen LogP contribution in [-0.4, -0.2) is 56.3 Å². The van der Waals surface area contributed by atoms with Crippen LogP contribution in [0.5, 0.6) is 5.75 Å². The Labute approximate surface area is 256 Å². The van der Waals surface area contributed by atoms with Gasteiger partial charge in [0, 0.05) is 29.7 Å². The number of nitro groups is 1. The maximum absolute atomic E-state index is 14.1. The summed E-state index contributed by atoms with van der Waals surface area (Å²) in [6.45, 7) is 4.92. The van der Waals surface area contributed by atoms with E-state index in [1.165, 1.54) is 43.2 Å². The van der Waals surface area contributed by atoms with E-state index in [-0.39, 0.29) is 40.7 Å². The Morgan fingerprint density at radius 2 is 1.70 bits per heavy atom. The number of amides is 2. The fourth-order valence-corrected chi connectivity index (χ4v) is 5.98. The number of rotatable bonds is 14. The lowest BCUT2D eigenvalue weighted by Crippen LogP contribution is -2.52. The first-order valence-corrected chi connectivity index (χ1v) is 15.5. The SMILES string of the molecule is CCCNC(=O)C(CC)N(Cc1ccc(Cl)cc1)C(=O)CN(c1ccc(OC)cc1)S(=O)(=O)c1ccc(C)c([N+](=O)[O-])c1. The molecule has 1 unspecified atom stereocenters. The number of nitrogens with one attached hydrogen (secondary N) is 1. The number of nitro benzene ring substituents is 1. The number of hydrogen-bond acceptors (Lipinski definition) is 7. The highest BCUT2D eigenvalue weighted by Crippen LogP contribution is 2.29. The largest absolute Gasteiger partial charge is 0.497 e. The minimum atomic E-state index is -4.50. The van der Waals surface area contributed by atoms with Crippen molar-refractivity contribution in [3.05, 3.63) is 93.0 Å². The second-order valence-electron chi connectivity index (χ2n) is 9.78. The van der Waals surface area contributed by atoms with Crippen LogP contribution >= 0.6 is 11.6 Å². The van der Waals surface area contributed by atoms with Crippen LogP contribution in [0.4, 0.5) is 11.4 Å². The van der Waals surface area contributed by atoms with Gasteiger partial charge < -0.3 is 15.0 Å². The third kappa shape index (κ3) is 8.23. The van der Waals surface area contributed by atoms with Gasteiger partial charge in [-0.05, 0) is 67.8 Å². The molecule has 2 amide bonds. The Morgan fingerprint density at radius 1 is 1.05 bits per heavy atom. The molecule has 3 aromatic carbocycles. The van der Waals surface area contributed by atoms with Gasteiger partial charge in [-0.1, -0.05) is 43.6 Å². The van der Waals surface area contributed by atoms with Crippen molar-refractivity contribution < 1.29 is 27.7 Å². The summed E-state index contributed by atoms with van der Waals surface area (Å²) in [5.74, 6) is -0.546. The van der Waals surface area contributed by atoms with Gasteiger partial charge in [0.15, 0.2) is 0 Å². The lowest BCUT2D eigenvalue weighted by atomic mass is 10.1. The smallest absolute Gasteiger partial charge is 0.273 e. The van der Waals surface area contributed by atoms with Gasteiger partial charge in [0.2, 0.25) is 11.8 Å². The highest BCUT2D eigenvalue weighted by atomic mass is 35.5. The number of halogens is 1. The fraction of sp³-hybridized carbons (Fsp3) is 0.333. The standard InChI is InChI=1S/C30H35ClN4O7S/c1-5-17-32-30(37)27(6-2)33(19-22-8-10-23(31)11-9-22)29(36)20-34(24-12-14-25(42-4)15-13-24)43(40,41)26-16-7-21(3)28(18-26)35(38)39/h7-16,18,27H,5-6,17,19-20H2,1-4H3,(H,32,37). The number of carbonyl (C=O) groups excluding carboxylic acids is 2. The van der Waals surface area contributed by atoms with E-state index >= 15 is 0 Å². The van der Waals surface area contributed by atoms with Gasteiger partial charge in [-0.3, -0.25) is 24.0 Å². The molecule has 230 valence electrons. The van der Waals surface area contributed by atoms with Gasteiger partial charge in [-0.25, -0.2) is 8.42 Å². The molecule has 0 aliphatic carbocycles. The number of ether oxygens (including phenoxy) is 1. The molecule has 0 saturated carbocycles. The van der Waals surface area contributed by atoms with Gasteiger partial charge in [0.05, 0.1) is 22.6 Å². The molecule has 0 spiro atoms. The van der Waals surface area contributed by atoms with E-state index in [0.717, 1.165) is 10.4 Å². The number of carbonyl (C=O) groups is 2. The topological polar surface area (TPSA) is 139 Å². The zero-order valence-electron chi connectivity index (χ0n) is 24.4. The van der Waals surface area contributed by atoms with Crippen LogP contribution in [0.25, 0.3) is 0 Å². The number of anilines is 1. The molecule has 0 heterocycles. The molecule has 11 nitrogen and oxygen atoms in total. The normalized spacial score (nSPS) is 11.8. The maximum atomic E-state index is 14.1. The van der Waals surface area contributed by atoms with Crippen LogP contribution < -0.4 is 14.4 Å². The van der Waals surface area contributed by atoms with Crippen molar-refractivity contribution in [3.63, 3.8) is 0 Å². The zero-order valence-corrected chi connectivity index (χ0v) is 26.0. The van der Waals surface area contributed by atoms with Gasteiger partial charge in [-0.15, -0.1) is 0 Å². The maximum Gasteiger partial charge on any atom is 0.273 e. The first-order chi connectivity index (χ1) is 20.4. The average Bonchev–Trinajstić information content (AvgIpc) is 2.99. The van der Waals surface area contributed by atoms with Gasteiger partial charge in [0.25, 0.3) is 15.7 Å². The Hall–Kier alpha value is -4.16.